The van der Waals surface area contributed by atoms with Gasteiger partial charge >= 0.3 is 0 Å². The van der Waals surface area contributed by atoms with Gasteiger partial charge in [0.2, 0.25) is 11.9 Å². The molecule has 0 radical (unpaired) electrons. The molecule has 0 unspecified atom stereocenters. The highest BCUT2D eigenvalue weighted by Gasteiger charge is 2.11. The van der Waals surface area contributed by atoms with Crippen molar-refractivity contribution in [2.75, 3.05) is 25.0 Å². The maximum atomic E-state index is 12.1. The van der Waals surface area contributed by atoms with E-state index in [1.807, 2.05) is 19.1 Å². The minimum absolute atomic E-state index is 0.0253. The number of H-pyrrole nitrogens is 1. The third kappa shape index (κ3) is 7.53. The zero-order chi connectivity index (χ0) is 21.2. The van der Waals surface area contributed by atoms with Gasteiger partial charge in [-0.05, 0) is 31.0 Å². The van der Waals surface area contributed by atoms with Crippen molar-refractivity contribution < 1.29 is 9.63 Å². The van der Waals surface area contributed by atoms with E-state index in [0.717, 1.165) is 12.0 Å². The number of nitrogens with zero attached hydrogens (tertiary/aromatic N) is 2. The number of benzene rings is 1. The Balaban J connectivity index is 1.88. The molecule has 1 aromatic carbocycles. The van der Waals surface area contributed by atoms with Crippen LogP contribution in [0.25, 0.3) is 0 Å². The molecule has 0 saturated heterocycles. The van der Waals surface area contributed by atoms with Crippen LogP contribution in [0.5, 0.6) is 0 Å². The van der Waals surface area contributed by atoms with E-state index >= 15 is 0 Å². The van der Waals surface area contributed by atoms with Gasteiger partial charge in [-0.25, -0.2) is 4.98 Å². The van der Waals surface area contributed by atoms with E-state index in [-0.39, 0.29) is 42.8 Å². The topological polar surface area (TPSA) is 161 Å². The predicted octanol–water partition coefficient (Wildman–Crippen LogP) is -0.0950. The van der Waals surface area contributed by atoms with Crippen molar-refractivity contribution in [2.45, 2.75) is 26.7 Å². The summed E-state index contributed by atoms with van der Waals surface area (Å²) in [6.45, 7) is 4.66. The molecule has 10 heteroatoms. The molecule has 156 valence electrons. The van der Waals surface area contributed by atoms with Crippen LogP contribution >= 0.6 is 0 Å². The molecule has 0 aliphatic carbocycles. The summed E-state index contributed by atoms with van der Waals surface area (Å²) >= 11 is 0. The largest absolute Gasteiger partial charge is 0.391 e. The first-order valence-corrected chi connectivity index (χ1v) is 9.22. The van der Waals surface area contributed by atoms with Gasteiger partial charge in [0.25, 0.3) is 5.56 Å². The lowest BCUT2D eigenvalue weighted by Gasteiger charge is -2.10. The molecule has 1 heterocycles. The monoisotopic (exact) mass is 401 g/mol. The second-order valence-corrected chi connectivity index (χ2v) is 6.52. The number of nitrogens with two attached hydrogens (primary N) is 2. The fraction of sp³-hybridized carbons (Fsp3) is 0.368. The summed E-state index contributed by atoms with van der Waals surface area (Å²) in [5, 5.41) is 9.07. The summed E-state index contributed by atoms with van der Waals surface area (Å²) in [5.41, 5.74) is 13.3. The first kappa shape index (κ1) is 21.7. The highest BCUT2D eigenvalue weighted by molar-refractivity contribution is 5.78. The van der Waals surface area contributed by atoms with Crippen molar-refractivity contribution in [3.05, 3.63) is 57.1 Å². The number of nitrogens with one attached hydrogen (secondary N) is 3. The zero-order valence-electron chi connectivity index (χ0n) is 16.6. The van der Waals surface area contributed by atoms with Crippen molar-refractivity contribution >= 4 is 17.7 Å². The fourth-order valence-electron chi connectivity index (χ4n) is 2.51. The van der Waals surface area contributed by atoms with Crippen LogP contribution in [0.1, 0.15) is 22.5 Å². The van der Waals surface area contributed by atoms with Gasteiger partial charge in [-0.3, -0.25) is 9.59 Å². The van der Waals surface area contributed by atoms with Crippen molar-refractivity contribution in [3.63, 3.8) is 0 Å². The molecule has 2 aromatic rings. The van der Waals surface area contributed by atoms with Gasteiger partial charge < -0.3 is 31.9 Å². The summed E-state index contributed by atoms with van der Waals surface area (Å²) in [6, 6.07) is 8.20. The van der Waals surface area contributed by atoms with Crippen molar-refractivity contribution in [3.8, 4) is 0 Å². The summed E-state index contributed by atoms with van der Waals surface area (Å²) < 4.78 is 0. The van der Waals surface area contributed by atoms with Gasteiger partial charge in [-0.1, -0.05) is 29.8 Å². The second-order valence-electron chi connectivity index (χ2n) is 6.52. The molecular weight excluding hydrogens is 374 g/mol. The Morgan fingerprint density at radius 2 is 1.93 bits per heavy atom. The zero-order valence-corrected chi connectivity index (χ0v) is 16.6. The number of guanidine groups is 1. The Morgan fingerprint density at radius 1 is 1.21 bits per heavy atom. The molecule has 7 N–H and O–H groups in total. The van der Waals surface area contributed by atoms with Crippen LogP contribution in [0.2, 0.25) is 0 Å². The fourth-order valence-corrected chi connectivity index (χ4v) is 2.51. The normalized spacial score (nSPS) is 10.3. The van der Waals surface area contributed by atoms with Gasteiger partial charge in [0.15, 0.2) is 5.82 Å². The smallest absolute Gasteiger partial charge is 0.290 e. The minimum atomic E-state index is -0.318. The maximum Gasteiger partial charge on any atom is 0.290 e. The van der Waals surface area contributed by atoms with Gasteiger partial charge in [-0.15, -0.1) is 0 Å². The number of carbonyl (C=O) groups excluding carboxylic acids is 1. The second kappa shape index (κ2) is 10.7. The number of anilines is 1. The number of rotatable bonds is 10. The molecule has 0 atom stereocenters. The van der Waals surface area contributed by atoms with Crippen LogP contribution in [-0.2, 0) is 22.5 Å². The van der Waals surface area contributed by atoms with Crippen LogP contribution in [0.3, 0.4) is 0 Å². The maximum absolute atomic E-state index is 12.1. The molecule has 0 spiro atoms. The van der Waals surface area contributed by atoms with Crippen molar-refractivity contribution in [2.24, 2.45) is 16.6 Å². The number of aryl methyl sites for hydroxylation is 2. The van der Waals surface area contributed by atoms with Crippen LogP contribution in [-0.4, -0.2) is 41.5 Å². The quantitative estimate of drug-likeness (QED) is 0.161. The van der Waals surface area contributed by atoms with E-state index < -0.39 is 0 Å². The number of carbonyl (C=O) groups is 1. The number of amides is 1. The average Bonchev–Trinajstić information content (AvgIpc) is 2.66. The van der Waals surface area contributed by atoms with E-state index in [1.54, 1.807) is 6.92 Å². The van der Waals surface area contributed by atoms with Crippen LogP contribution < -0.4 is 27.7 Å². The molecular formula is C19H27N7O3. The summed E-state index contributed by atoms with van der Waals surface area (Å²) in [7, 11) is 0. The molecule has 0 aliphatic rings. The Morgan fingerprint density at radius 3 is 2.62 bits per heavy atom. The molecule has 2 rings (SSSR count). The van der Waals surface area contributed by atoms with Crippen molar-refractivity contribution in [1.29, 1.82) is 0 Å². The van der Waals surface area contributed by atoms with Gasteiger partial charge in [0.05, 0.1) is 18.7 Å². The van der Waals surface area contributed by atoms with E-state index in [2.05, 4.69) is 37.9 Å². The summed E-state index contributed by atoms with van der Waals surface area (Å²) in [6.07, 6.45) is 0.776. The third-order valence-electron chi connectivity index (χ3n) is 4.04. The Bertz CT molecular complexity index is 903. The Hall–Kier alpha value is -3.56. The molecule has 10 nitrogen and oxygen atoms in total. The van der Waals surface area contributed by atoms with Crippen LogP contribution in [0.15, 0.2) is 34.2 Å². The van der Waals surface area contributed by atoms with E-state index in [4.69, 9.17) is 16.3 Å². The number of hydrogen-bond acceptors (Lipinski definition) is 6. The lowest BCUT2D eigenvalue weighted by molar-refractivity contribution is -0.120. The number of aromatic nitrogens is 2. The van der Waals surface area contributed by atoms with Gasteiger partial charge in [-0.2, -0.15) is 0 Å². The Kier molecular flexibility index (Phi) is 8.01. The highest BCUT2D eigenvalue weighted by Crippen LogP contribution is 2.06. The van der Waals surface area contributed by atoms with E-state index in [1.165, 1.54) is 5.56 Å². The van der Waals surface area contributed by atoms with Gasteiger partial charge in [0, 0.05) is 12.2 Å². The standard InChI is InChI=1S/C19H27N7O3/c1-12-3-5-14(6-4-12)7-8-23-17-18(28)24-13(2)15(25-17)11-16(27)22-9-10-29-26-19(20)21/h3-6H,7-11H2,1-2H3,(H,22,27)(H,23,25)(H,24,28)(H4,20,21,26). The van der Waals surface area contributed by atoms with Gasteiger partial charge in [0.1, 0.15) is 6.61 Å². The molecule has 1 aromatic heterocycles. The number of aromatic amines is 1. The lowest BCUT2D eigenvalue weighted by atomic mass is 10.1. The molecule has 0 saturated carbocycles. The lowest BCUT2D eigenvalue weighted by Crippen LogP contribution is -2.30. The van der Waals surface area contributed by atoms with Crippen LogP contribution in [0, 0.1) is 13.8 Å². The van der Waals surface area contributed by atoms with Crippen molar-refractivity contribution in [1.82, 2.24) is 15.3 Å². The average molecular weight is 401 g/mol. The van der Waals surface area contributed by atoms with E-state index in [0.29, 0.717) is 17.9 Å². The molecule has 0 fully saturated rings. The molecule has 1 amide bonds. The summed E-state index contributed by atoms with van der Waals surface area (Å²) in [5.74, 6) is -0.250. The predicted molar refractivity (Wildman–Crippen MR) is 111 cm³/mol. The SMILES string of the molecule is Cc1ccc(CCNc2nc(CC(=O)NCCON=C(N)N)c(C)[nH]c2=O)cc1. The first-order valence-electron chi connectivity index (χ1n) is 9.22. The minimum Gasteiger partial charge on any atom is -0.391 e. The van der Waals surface area contributed by atoms with E-state index in [9.17, 15) is 9.59 Å². The number of oxime groups is 1. The molecule has 0 bridgehead atoms. The third-order valence-corrected chi connectivity index (χ3v) is 4.04. The van der Waals surface area contributed by atoms with Crippen LogP contribution in [0.4, 0.5) is 5.82 Å². The molecule has 29 heavy (non-hydrogen) atoms. The summed E-state index contributed by atoms with van der Waals surface area (Å²) in [4.78, 5) is 36.1. The first-order chi connectivity index (χ1) is 13.8. The molecule has 0 aliphatic heterocycles. The highest BCUT2D eigenvalue weighted by atomic mass is 16.6. The number of hydrogen-bond donors (Lipinski definition) is 5. The Labute approximate surface area is 168 Å².